The fraction of sp³-hybridized carbons (Fsp3) is 0. The summed E-state index contributed by atoms with van der Waals surface area (Å²) in [5, 5.41) is 0. The fourth-order valence-electron chi connectivity index (χ4n) is 0.435. The topological polar surface area (TPSA) is 12.9 Å². The van der Waals surface area contributed by atoms with E-state index in [4.69, 9.17) is 4.11 Å². The first-order valence-electron chi connectivity index (χ1n) is 3.76. The third-order valence-electron chi connectivity index (χ3n) is 0.825. The summed E-state index contributed by atoms with van der Waals surface area (Å²) >= 11 is 0. The molecule has 1 heterocycles. The van der Waals surface area contributed by atoms with Crippen molar-refractivity contribution in [3.63, 3.8) is 0 Å². The van der Waals surface area contributed by atoms with Crippen LogP contribution in [0, 0.1) is 0 Å². The zero-order valence-corrected chi connectivity index (χ0v) is 4.26. The lowest BCUT2D eigenvalue weighted by atomic mass is 10.3. The second-order valence-electron chi connectivity index (χ2n) is 1.36. The van der Waals surface area contributed by atoms with Crippen molar-refractivity contribution in [1.82, 2.24) is 4.98 Å². The van der Waals surface area contributed by atoms with Gasteiger partial charge in [0.15, 0.2) is 0 Å². The monoisotopic (exact) mass is 108 g/mol. The van der Waals surface area contributed by atoms with Crippen LogP contribution in [0.1, 0.15) is 9.68 Å². The Bertz CT molecular complexity index is 264. The Morgan fingerprint density at radius 1 is 1.75 bits per heavy atom. The lowest BCUT2D eigenvalue weighted by Gasteiger charge is -1.84. The molecule has 0 radical (unpaired) electrons. The molecule has 0 saturated carbocycles. The summed E-state index contributed by atoms with van der Waals surface area (Å²) in [7, 11) is 0. The molecule has 1 aromatic heterocycles. The minimum Gasteiger partial charge on any atom is -0.265 e. The van der Waals surface area contributed by atoms with Gasteiger partial charge in [-0.25, -0.2) is 0 Å². The highest BCUT2D eigenvalue weighted by atomic mass is 14.6. The highest BCUT2D eigenvalue weighted by Gasteiger charge is 1.76. The molecule has 40 valence electrons. The van der Waals surface area contributed by atoms with Gasteiger partial charge in [-0.1, -0.05) is 12.6 Å². The normalized spacial score (nSPS) is 13.2. The van der Waals surface area contributed by atoms with Crippen LogP contribution in [0.2, 0.25) is 0 Å². The summed E-state index contributed by atoms with van der Waals surface area (Å²) in [5.41, 5.74) is 0.556. The van der Waals surface area contributed by atoms with E-state index < -0.39 is 6.53 Å². The molecule has 8 heavy (non-hydrogen) atoms. The van der Waals surface area contributed by atoms with Crippen molar-refractivity contribution in [1.29, 1.82) is 0 Å². The molecule has 0 unspecified atom stereocenters. The lowest BCUT2D eigenvalue weighted by molar-refractivity contribution is 1.32. The molecule has 1 aromatic rings. The molecule has 0 aromatic carbocycles. The van der Waals surface area contributed by atoms with Gasteiger partial charge in [-0.05, 0) is 17.7 Å². The van der Waals surface area contributed by atoms with Gasteiger partial charge in [0.25, 0.3) is 0 Å². The summed E-state index contributed by atoms with van der Waals surface area (Å²) in [4.78, 5) is 3.76. The van der Waals surface area contributed by atoms with Crippen LogP contribution in [0.25, 0.3) is 6.05 Å². The Balaban J connectivity index is 3.04. The van der Waals surface area contributed by atoms with E-state index in [1.807, 2.05) is 0 Å². The molecule has 0 saturated heterocycles. The van der Waals surface area contributed by atoms with Crippen LogP contribution in [-0.4, -0.2) is 4.98 Å². The van der Waals surface area contributed by atoms with Crippen LogP contribution in [0.4, 0.5) is 0 Å². The Kier molecular flexibility index (Phi) is 0.691. The smallest absolute Gasteiger partial charge is 0.0623 e. The Morgan fingerprint density at radius 3 is 3.12 bits per heavy atom. The van der Waals surface area contributed by atoms with Crippen molar-refractivity contribution in [3.8, 4) is 0 Å². The highest BCUT2D eigenvalue weighted by Crippen LogP contribution is 1.94. The van der Waals surface area contributed by atoms with Crippen molar-refractivity contribution in [3.05, 3.63) is 36.6 Å². The quantitative estimate of drug-likeness (QED) is 0.533. The van der Waals surface area contributed by atoms with E-state index in [9.17, 15) is 0 Å². The molecule has 1 heteroatoms. The van der Waals surface area contributed by atoms with Gasteiger partial charge in [0.1, 0.15) is 0 Å². The van der Waals surface area contributed by atoms with Gasteiger partial charge in [-0.15, -0.1) is 0 Å². The third-order valence-corrected chi connectivity index (χ3v) is 0.825. The maximum absolute atomic E-state index is 7.24. The fourth-order valence-corrected chi connectivity index (χ4v) is 0.435. The summed E-state index contributed by atoms with van der Waals surface area (Å²) in [5.74, 6) is 0. The van der Waals surface area contributed by atoms with Crippen molar-refractivity contribution < 1.29 is 4.11 Å². The molecule has 0 aliphatic rings. The second kappa shape index (κ2) is 2.26. The summed E-state index contributed by atoms with van der Waals surface area (Å²) in [6.45, 7) is -0.476. The molecule has 0 spiro atoms. The van der Waals surface area contributed by atoms with E-state index in [0.717, 1.165) is 0 Å². The Labute approximate surface area is 52.9 Å². The van der Waals surface area contributed by atoms with Crippen LogP contribution in [0.5, 0.6) is 0 Å². The van der Waals surface area contributed by atoms with Crippen molar-refractivity contribution in [2.75, 3.05) is 0 Å². The number of rotatable bonds is 1. The van der Waals surface area contributed by atoms with Crippen LogP contribution in [0.3, 0.4) is 0 Å². The second-order valence-corrected chi connectivity index (χ2v) is 1.36. The molecular weight excluding hydrogens is 98.1 g/mol. The molecule has 0 amide bonds. The molecule has 0 aliphatic carbocycles. The Morgan fingerprint density at radius 2 is 2.50 bits per heavy atom. The van der Waals surface area contributed by atoms with Crippen LogP contribution in [0.15, 0.2) is 31.1 Å². The van der Waals surface area contributed by atoms with E-state index in [1.165, 1.54) is 12.4 Å². The Hall–Kier alpha value is -1.11. The lowest BCUT2D eigenvalue weighted by Crippen LogP contribution is -1.69. The van der Waals surface area contributed by atoms with E-state index >= 15 is 0 Å². The molecular formula is C7H7N. The average Bonchev–Trinajstić information content (AvgIpc) is 2.05. The van der Waals surface area contributed by atoms with Gasteiger partial charge < -0.3 is 0 Å². The number of hydrogen-bond donors (Lipinski definition) is 0. The van der Waals surface area contributed by atoms with Gasteiger partial charge in [-0.2, -0.15) is 0 Å². The maximum atomic E-state index is 7.24. The van der Waals surface area contributed by atoms with E-state index in [1.54, 1.807) is 12.1 Å². The predicted molar refractivity (Wildman–Crippen MR) is 34.3 cm³/mol. The van der Waals surface area contributed by atoms with Gasteiger partial charge >= 0.3 is 0 Å². The minimum atomic E-state index is -0.476. The highest BCUT2D eigenvalue weighted by molar-refractivity contribution is 5.44. The standard InChI is InChI=1S/C7H7N/c1-2-7-3-5-8-6-4-7/h2-6H,1H2/i1D2,2D. The first-order valence-corrected chi connectivity index (χ1v) is 2.26. The maximum Gasteiger partial charge on any atom is 0.0623 e. The third kappa shape index (κ3) is 0.936. The first kappa shape index (κ1) is 2.44. The van der Waals surface area contributed by atoms with Gasteiger partial charge in [0.2, 0.25) is 0 Å². The van der Waals surface area contributed by atoms with Crippen molar-refractivity contribution >= 4 is 6.05 Å². The summed E-state index contributed by atoms with van der Waals surface area (Å²) in [6.07, 6.45) is 3.07. The number of nitrogens with zero attached hydrogens (tertiary/aromatic N) is 1. The molecule has 1 nitrogen and oxygen atoms in total. The number of hydrogen-bond acceptors (Lipinski definition) is 1. The summed E-state index contributed by atoms with van der Waals surface area (Å²) in [6, 6.07) is 3.13. The first-order chi connectivity index (χ1) is 5.22. The number of pyridine rings is 1. The predicted octanol–water partition coefficient (Wildman–Crippen LogP) is 1.72. The molecule has 0 aliphatic heterocycles. The van der Waals surface area contributed by atoms with E-state index in [0.29, 0.717) is 5.56 Å². The molecule has 0 N–H and O–H groups in total. The van der Waals surface area contributed by atoms with Crippen molar-refractivity contribution in [2.24, 2.45) is 0 Å². The SMILES string of the molecule is [2H]C([2H])=C([2H])c1ccncc1. The van der Waals surface area contributed by atoms with Gasteiger partial charge in [0.05, 0.1) is 4.11 Å². The van der Waals surface area contributed by atoms with Crippen LogP contribution >= 0.6 is 0 Å². The molecule has 0 bridgehead atoms. The van der Waals surface area contributed by atoms with E-state index in [-0.39, 0.29) is 6.05 Å². The molecule has 0 atom stereocenters. The minimum absolute atomic E-state index is 0.0765. The average molecular weight is 108 g/mol. The number of aromatic nitrogens is 1. The summed E-state index contributed by atoms with van der Waals surface area (Å²) < 4.78 is 21.0. The zero-order chi connectivity index (χ0) is 8.27. The van der Waals surface area contributed by atoms with E-state index in [2.05, 4.69) is 4.98 Å². The van der Waals surface area contributed by atoms with Crippen LogP contribution < -0.4 is 0 Å². The van der Waals surface area contributed by atoms with Crippen LogP contribution in [-0.2, 0) is 0 Å². The van der Waals surface area contributed by atoms with Gasteiger partial charge in [-0.3, -0.25) is 4.98 Å². The van der Waals surface area contributed by atoms with Crippen molar-refractivity contribution in [2.45, 2.75) is 0 Å². The molecule has 0 fully saturated rings. The molecule has 1 rings (SSSR count). The zero-order valence-electron chi connectivity index (χ0n) is 7.26. The van der Waals surface area contributed by atoms with Gasteiger partial charge in [0, 0.05) is 12.4 Å². The largest absolute Gasteiger partial charge is 0.265 e.